The highest BCUT2D eigenvalue weighted by atomic mass is 79.9. The van der Waals surface area contributed by atoms with Gasteiger partial charge in [-0.05, 0) is 30.7 Å². The normalized spacial score (nSPS) is 10.8. The summed E-state index contributed by atoms with van der Waals surface area (Å²) >= 11 is 11.3. The van der Waals surface area contributed by atoms with Gasteiger partial charge in [-0.15, -0.1) is 11.3 Å². The molecule has 5 heteroatoms. The zero-order valence-corrected chi connectivity index (χ0v) is 12.5. The molecule has 0 spiro atoms. The highest BCUT2D eigenvalue weighted by Gasteiger charge is 2.02. The molecule has 2 rings (SSSR count). The fraction of sp³-hybridized carbons (Fsp3) is 0.250. The molecular weight excluding hydrogens is 320 g/mol. The third kappa shape index (κ3) is 3.78. The standard InChI is InChI=1S/C12H12BrClN2S/c1-8-16-7-11(17-8)6-15-5-9-4-10(13)2-3-12(9)14/h2-4,7,15H,5-6H2,1H3. The number of nitrogens with zero attached hydrogens (tertiary/aromatic N) is 1. The average Bonchev–Trinajstić information content (AvgIpc) is 2.69. The van der Waals surface area contributed by atoms with Crippen LogP contribution in [0, 0.1) is 6.92 Å². The minimum atomic E-state index is 0.759. The lowest BCUT2D eigenvalue weighted by Gasteiger charge is -2.06. The molecule has 0 aliphatic carbocycles. The number of halogens is 2. The Balaban J connectivity index is 1.91. The van der Waals surface area contributed by atoms with Crippen molar-refractivity contribution in [2.45, 2.75) is 20.0 Å². The number of hydrogen-bond donors (Lipinski definition) is 1. The van der Waals surface area contributed by atoms with Crippen LogP contribution >= 0.6 is 38.9 Å². The molecule has 0 amide bonds. The minimum absolute atomic E-state index is 0.759. The van der Waals surface area contributed by atoms with Crippen molar-refractivity contribution < 1.29 is 0 Å². The minimum Gasteiger partial charge on any atom is -0.308 e. The number of benzene rings is 1. The number of rotatable bonds is 4. The van der Waals surface area contributed by atoms with Crippen molar-refractivity contribution in [2.75, 3.05) is 0 Å². The summed E-state index contributed by atoms with van der Waals surface area (Å²) in [6.07, 6.45) is 1.91. The van der Waals surface area contributed by atoms with Crippen LogP contribution in [0.5, 0.6) is 0 Å². The lowest BCUT2D eigenvalue weighted by Crippen LogP contribution is -2.12. The third-order valence-corrected chi connectivity index (χ3v) is 4.07. The number of aryl methyl sites for hydroxylation is 1. The van der Waals surface area contributed by atoms with Crippen molar-refractivity contribution in [1.29, 1.82) is 0 Å². The Kier molecular flexibility index (Phi) is 4.56. The summed E-state index contributed by atoms with van der Waals surface area (Å²) < 4.78 is 1.05. The quantitative estimate of drug-likeness (QED) is 0.910. The van der Waals surface area contributed by atoms with E-state index in [1.807, 2.05) is 31.3 Å². The zero-order chi connectivity index (χ0) is 12.3. The van der Waals surface area contributed by atoms with E-state index < -0.39 is 0 Å². The summed E-state index contributed by atoms with van der Waals surface area (Å²) in [7, 11) is 0. The molecule has 0 fully saturated rings. The zero-order valence-electron chi connectivity index (χ0n) is 9.34. The van der Waals surface area contributed by atoms with Crippen LogP contribution < -0.4 is 5.32 Å². The van der Waals surface area contributed by atoms with Gasteiger partial charge in [0.05, 0.1) is 5.01 Å². The largest absolute Gasteiger partial charge is 0.308 e. The Labute approximate surface area is 118 Å². The van der Waals surface area contributed by atoms with Crippen molar-refractivity contribution in [2.24, 2.45) is 0 Å². The molecule has 1 N–H and O–H groups in total. The van der Waals surface area contributed by atoms with Crippen molar-refractivity contribution in [1.82, 2.24) is 10.3 Å². The molecule has 0 saturated heterocycles. The second-order valence-electron chi connectivity index (χ2n) is 3.68. The van der Waals surface area contributed by atoms with Crippen molar-refractivity contribution in [3.63, 3.8) is 0 Å². The van der Waals surface area contributed by atoms with Crippen LogP contribution in [0.4, 0.5) is 0 Å². The Morgan fingerprint density at radius 2 is 2.24 bits per heavy atom. The van der Waals surface area contributed by atoms with Crippen LogP contribution in [0.2, 0.25) is 5.02 Å². The summed E-state index contributed by atoms with van der Waals surface area (Å²) in [6, 6.07) is 5.88. The summed E-state index contributed by atoms with van der Waals surface area (Å²) in [6.45, 7) is 3.60. The van der Waals surface area contributed by atoms with E-state index >= 15 is 0 Å². The topological polar surface area (TPSA) is 24.9 Å². The van der Waals surface area contributed by atoms with Crippen LogP contribution in [-0.2, 0) is 13.1 Å². The van der Waals surface area contributed by atoms with E-state index in [1.165, 1.54) is 4.88 Å². The van der Waals surface area contributed by atoms with E-state index in [1.54, 1.807) is 11.3 Å². The molecule has 0 saturated carbocycles. The molecule has 0 radical (unpaired) electrons. The molecule has 2 nitrogen and oxygen atoms in total. The van der Waals surface area contributed by atoms with Gasteiger partial charge in [-0.1, -0.05) is 27.5 Å². The summed E-state index contributed by atoms with van der Waals surface area (Å²) in [4.78, 5) is 5.46. The molecule has 1 heterocycles. The second-order valence-corrected chi connectivity index (χ2v) is 6.33. The number of hydrogen-bond acceptors (Lipinski definition) is 3. The average molecular weight is 332 g/mol. The summed E-state index contributed by atoms with van der Waals surface area (Å²) in [5.41, 5.74) is 1.10. The lowest BCUT2D eigenvalue weighted by atomic mass is 10.2. The molecule has 1 aromatic carbocycles. The fourth-order valence-electron chi connectivity index (χ4n) is 1.49. The first kappa shape index (κ1) is 13.0. The highest BCUT2D eigenvalue weighted by Crippen LogP contribution is 2.21. The van der Waals surface area contributed by atoms with Crippen molar-refractivity contribution >= 4 is 38.9 Å². The Bertz CT molecular complexity index is 513. The van der Waals surface area contributed by atoms with Crippen LogP contribution in [0.3, 0.4) is 0 Å². The van der Waals surface area contributed by atoms with Gasteiger partial charge in [-0.2, -0.15) is 0 Å². The maximum absolute atomic E-state index is 6.11. The van der Waals surface area contributed by atoms with Crippen LogP contribution in [0.15, 0.2) is 28.9 Å². The van der Waals surface area contributed by atoms with Gasteiger partial charge in [0, 0.05) is 33.7 Å². The van der Waals surface area contributed by atoms with Gasteiger partial charge in [-0.3, -0.25) is 0 Å². The van der Waals surface area contributed by atoms with E-state index in [9.17, 15) is 0 Å². The number of aromatic nitrogens is 1. The predicted molar refractivity (Wildman–Crippen MR) is 76.5 cm³/mol. The summed E-state index contributed by atoms with van der Waals surface area (Å²) in [5.74, 6) is 0. The molecule has 2 aromatic rings. The Hall–Kier alpha value is -0.420. The second kappa shape index (κ2) is 5.96. The molecule has 17 heavy (non-hydrogen) atoms. The predicted octanol–water partition coefficient (Wildman–Crippen LogP) is 4.16. The fourth-order valence-corrected chi connectivity index (χ4v) is 2.84. The number of nitrogens with one attached hydrogen (secondary N) is 1. The number of thiazole rings is 1. The monoisotopic (exact) mass is 330 g/mol. The van der Waals surface area contributed by atoms with Crippen LogP contribution in [0.1, 0.15) is 15.4 Å². The van der Waals surface area contributed by atoms with Crippen LogP contribution in [-0.4, -0.2) is 4.98 Å². The van der Waals surface area contributed by atoms with E-state index in [0.29, 0.717) is 0 Å². The first-order chi connectivity index (χ1) is 8.15. The van der Waals surface area contributed by atoms with Gasteiger partial charge in [0.1, 0.15) is 0 Å². The Morgan fingerprint density at radius 1 is 1.41 bits per heavy atom. The molecule has 0 bridgehead atoms. The molecular formula is C12H12BrClN2S. The van der Waals surface area contributed by atoms with Gasteiger partial charge in [0.2, 0.25) is 0 Å². The summed E-state index contributed by atoms with van der Waals surface area (Å²) in [5, 5.41) is 5.26. The maximum atomic E-state index is 6.11. The van der Waals surface area contributed by atoms with Gasteiger partial charge < -0.3 is 5.32 Å². The van der Waals surface area contributed by atoms with E-state index in [4.69, 9.17) is 11.6 Å². The van der Waals surface area contributed by atoms with Crippen LogP contribution in [0.25, 0.3) is 0 Å². The molecule has 1 aromatic heterocycles. The molecule has 0 unspecified atom stereocenters. The van der Waals surface area contributed by atoms with Gasteiger partial charge in [0.25, 0.3) is 0 Å². The van der Waals surface area contributed by atoms with E-state index in [0.717, 1.165) is 33.2 Å². The molecule has 0 atom stereocenters. The van der Waals surface area contributed by atoms with E-state index in [-0.39, 0.29) is 0 Å². The first-order valence-corrected chi connectivity index (χ1v) is 7.20. The SMILES string of the molecule is Cc1ncc(CNCc2cc(Br)ccc2Cl)s1. The van der Waals surface area contributed by atoms with Gasteiger partial charge >= 0.3 is 0 Å². The molecule has 90 valence electrons. The van der Waals surface area contributed by atoms with Gasteiger partial charge in [-0.25, -0.2) is 4.98 Å². The lowest BCUT2D eigenvalue weighted by molar-refractivity contribution is 0.700. The first-order valence-electron chi connectivity index (χ1n) is 5.21. The third-order valence-electron chi connectivity index (χ3n) is 2.29. The smallest absolute Gasteiger partial charge is 0.0897 e. The Morgan fingerprint density at radius 3 is 2.94 bits per heavy atom. The van der Waals surface area contributed by atoms with Crippen molar-refractivity contribution in [3.05, 3.63) is 49.3 Å². The maximum Gasteiger partial charge on any atom is 0.0897 e. The van der Waals surface area contributed by atoms with Gasteiger partial charge in [0.15, 0.2) is 0 Å². The highest BCUT2D eigenvalue weighted by molar-refractivity contribution is 9.10. The van der Waals surface area contributed by atoms with E-state index in [2.05, 4.69) is 26.2 Å². The molecule has 0 aliphatic rings. The van der Waals surface area contributed by atoms with Crippen molar-refractivity contribution in [3.8, 4) is 0 Å². The molecule has 0 aliphatic heterocycles.